The van der Waals surface area contributed by atoms with Gasteiger partial charge in [-0.25, -0.2) is 4.98 Å². The van der Waals surface area contributed by atoms with Gasteiger partial charge < -0.3 is 0 Å². The molecule has 0 unspecified atom stereocenters. The summed E-state index contributed by atoms with van der Waals surface area (Å²) in [5.41, 5.74) is 11.8. The monoisotopic (exact) mass is 703 g/mol. The zero-order valence-corrected chi connectivity index (χ0v) is 30.1. The van der Waals surface area contributed by atoms with Crippen LogP contribution in [0.1, 0.15) is 6.92 Å². The summed E-state index contributed by atoms with van der Waals surface area (Å²) >= 11 is 0. The van der Waals surface area contributed by atoms with Gasteiger partial charge in [-0.1, -0.05) is 127 Å². The summed E-state index contributed by atoms with van der Waals surface area (Å²) < 4.78 is 0. The molecule has 0 atom stereocenters. The van der Waals surface area contributed by atoms with Crippen molar-refractivity contribution in [3.05, 3.63) is 164 Å². The van der Waals surface area contributed by atoms with Crippen LogP contribution in [0.4, 0.5) is 11.4 Å². The van der Waals surface area contributed by atoms with Gasteiger partial charge in [-0.15, -0.1) is 0 Å². The van der Waals surface area contributed by atoms with E-state index >= 15 is 0 Å². The number of rotatable bonds is 6. The minimum absolute atomic E-state index is 0.778. The van der Waals surface area contributed by atoms with E-state index < -0.39 is 0 Å². The molecule has 8 aromatic carbocycles. The van der Waals surface area contributed by atoms with E-state index in [2.05, 4.69) is 151 Å². The molecule has 5 nitrogen and oxygen atoms in total. The lowest BCUT2D eigenvalue weighted by Crippen LogP contribution is -1.93. The highest BCUT2D eigenvalue weighted by Gasteiger charge is 2.17. The first-order valence-corrected chi connectivity index (χ1v) is 18.4. The van der Waals surface area contributed by atoms with Gasteiger partial charge in [-0.3, -0.25) is 20.0 Å². The lowest BCUT2D eigenvalue weighted by atomic mass is 9.93. The standard InChI is InChI=1S/C50H33N5/c1-3-52-48-39-15-9-7-13-37(39)43-27-34(21-23-41(43)47(48)51-2)45-29-36(33-19-17-32(18-20-33)31-11-5-4-6-12-31)30-46(55-45)35-22-24-42-44(28-35)38-14-8-10-16-40(38)49-50(42)54-26-25-53-49/h3-30H,2H2,1H3/b52-3-. The number of fused-ring (bicyclic) bond motifs is 9. The third-order valence-electron chi connectivity index (χ3n) is 10.6. The van der Waals surface area contributed by atoms with Gasteiger partial charge in [0.1, 0.15) is 0 Å². The molecule has 10 rings (SSSR count). The predicted octanol–water partition coefficient (Wildman–Crippen LogP) is 13.4. The van der Waals surface area contributed by atoms with E-state index in [1.54, 1.807) is 12.4 Å². The molecule has 0 saturated carbocycles. The largest absolute Gasteiger partial charge is 0.262 e. The van der Waals surface area contributed by atoms with E-state index in [0.29, 0.717) is 0 Å². The molecule has 0 saturated heterocycles. The van der Waals surface area contributed by atoms with Crippen LogP contribution in [0.15, 0.2) is 174 Å². The summed E-state index contributed by atoms with van der Waals surface area (Å²) in [5, 5.41) is 8.64. The maximum absolute atomic E-state index is 5.40. The first kappa shape index (κ1) is 32.3. The van der Waals surface area contributed by atoms with E-state index in [1.807, 2.05) is 25.3 Å². The van der Waals surface area contributed by atoms with Gasteiger partial charge in [0, 0.05) is 51.3 Å². The third kappa shape index (κ3) is 5.44. The lowest BCUT2D eigenvalue weighted by molar-refractivity contribution is 1.31. The maximum atomic E-state index is 5.40. The van der Waals surface area contributed by atoms with Crippen LogP contribution in [0.2, 0.25) is 0 Å². The van der Waals surface area contributed by atoms with Crippen LogP contribution in [0.25, 0.3) is 98.9 Å². The normalized spacial score (nSPS) is 11.7. The van der Waals surface area contributed by atoms with Crippen molar-refractivity contribution in [2.45, 2.75) is 6.92 Å². The highest BCUT2D eigenvalue weighted by atomic mass is 14.8. The molecule has 0 spiro atoms. The number of aliphatic imine (C=N–C) groups is 2. The molecule has 55 heavy (non-hydrogen) atoms. The maximum Gasteiger partial charge on any atom is 0.0971 e. The first-order chi connectivity index (χ1) is 27.2. The van der Waals surface area contributed by atoms with Gasteiger partial charge in [0.2, 0.25) is 0 Å². The summed E-state index contributed by atoms with van der Waals surface area (Å²) in [6.07, 6.45) is 5.34. The first-order valence-electron chi connectivity index (χ1n) is 18.4. The SMILES string of the molecule is C=Nc1c(/N=C\C)c2ccccc2c2cc(-c3cc(-c4ccc(-c5ccccc5)cc4)cc(-c4ccc5c(c4)c4ccccc4c4nccnc54)n3)ccc12. The Morgan fingerprint density at radius 2 is 0.873 bits per heavy atom. The number of aromatic nitrogens is 3. The van der Waals surface area contributed by atoms with Gasteiger partial charge in [0.15, 0.2) is 0 Å². The van der Waals surface area contributed by atoms with Crippen LogP contribution in [-0.2, 0) is 0 Å². The number of benzene rings is 8. The van der Waals surface area contributed by atoms with Crippen molar-refractivity contribution < 1.29 is 0 Å². The van der Waals surface area contributed by atoms with Gasteiger partial charge in [0.05, 0.1) is 33.8 Å². The number of hydrogen-bond donors (Lipinski definition) is 0. The van der Waals surface area contributed by atoms with Gasteiger partial charge in [-0.05, 0) is 81.7 Å². The molecular weight excluding hydrogens is 671 g/mol. The summed E-state index contributed by atoms with van der Waals surface area (Å²) in [5.74, 6) is 0. The van der Waals surface area contributed by atoms with E-state index in [-0.39, 0.29) is 0 Å². The van der Waals surface area contributed by atoms with Crippen molar-refractivity contribution in [1.82, 2.24) is 15.0 Å². The molecule has 0 bridgehead atoms. The number of hydrogen-bond acceptors (Lipinski definition) is 5. The second-order valence-corrected chi connectivity index (χ2v) is 13.7. The summed E-state index contributed by atoms with van der Waals surface area (Å²) in [6, 6.07) is 53.6. The fourth-order valence-electron chi connectivity index (χ4n) is 8.00. The van der Waals surface area contributed by atoms with Crippen molar-refractivity contribution in [2.75, 3.05) is 0 Å². The topological polar surface area (TPSA) is 63.4 Å². The Kier molecular flexibility index (Phi) is 7.77. The van der Waals surface area contributed by atoms with Crippen LogP contribution < -0.4 is 0 Å². The Bertz CT molecular complexity index is 3130. The zero-order valence-electron chi connectivity index (χ0n) is 30.1. The van der Waals surface area contributed by atoms with E-state index in [0.717, 1.165) is 99.1 Å². The molecule has 10 aromatic rings. The van der Waals surface area contributed by atoms with Crippen molar-refractivity contribution in [1.29, 1.82) is 0 Å². The smallest absolute Gasteiger partial charge is 0.0971 e. The van der Waals surface area contributed by atoms with Crippen molar-refractivity contribution >= 4 is 78.4 Å². The summed E-state index contributed by atoms with van der Waals surface area (Å²) in [4.78, 5) is 24.1. The second-order valence-electron chi connectivity index (χ2n) is 13.7. The molecule has 0 radical (unpaired) electrons. The van der Waals surface area contributed by atoms with Crippen molar-refractivity contribution in [3.8, 4) is 44.8 Å². The molecule has 0 amide bonds. The number of nitrogens with zero attached hydrogens (tertiary/aromatic N) is 5. The Hall–Kier alpha value is -7.37. The van der Waals surface area contributed by atoms with Crippen LogP contribution in [0.3, 0.4) is 0 Å². The van der Waals surface area contributed by atoms with Gasteiger partial charge in [0.25, 0.3) is 0 Å². The third-order valence-corrected chi connectivity index (χ3v) is 10.6. The summed E-state index contributed by atoms with van der Waals surface area (Å²) in [6.45, 7) is 5.87. The minimum Gasteiger partial charge on any atom is -0.262 e. The predicted molar refractivity (Wildman–Crippen MR) is 232 cm³/mol. The average molecular weight is 704 g/mol. The van der Waals surface area contributed by atoms with Crippen LogP contribution in [0.5, 0.6) is 0 Å². The Morgan fingerprint density at radius 1 is 0.418 bits per heavy atom. The molecule has 258 valence electrons. The fraction of sp³-hybridized carbons (Fsp3) is 0.0200. The summed E-state index contributed by atoms with van der Waals surface area (Å²) in [7, 11) is 0. The molecule has 0 aliphatic heterocycles. The Morgan fingerprint density at radius 3 is 1.49 bits per heavy atom. The van der Waals surface area contributed by atoms with Crippen LogP contribution in [0, 0.1) is 0 Å². The number of pyridine rings is 1. The fourth-order valence-corrected chi connectivity index (χ4v) is 8.00. The van der Waals surface area contributed by atoms with E-state index in [1.165, 1.54) is 11.1 Å². The van der Waals surface area contributed by atoms with Gasteiger partial charge >= 0.3 is 0 Å². The highest BCUT2D eigenvalue weighted by molar-refractivity contribution is 6.23. The zero-order chi connectivity index (χ0) is 36.9. The molecule has 0 aliphatic carbocycles. The van der Waals surface area contributed by atoms with Crippen molar-refractivity contribution in [3.63, 3.8) is 0 Å². The molecule has 0 fully saturated rings. The molecule has 0 aliphatic rings. The lowest BCUT2D eigenvalue weighted by Gasteiger charge is -2.15. The van der Waals surface area contributed by atoms with Gasteiger partial charge in [-0.2, -0.15) is 0 Å². The molecular formula is C50H33N5. The molecule has 5 heteroatoms. The quantitative estimate of drug-likeness (QED) is 0.128. The minimum atomic E-state index is 0.778. The Balaban J connectivity index is 1.20. The van der Waals surface area contributed by atoms with Crippen LogP contribution >= 0.6 is 0 Å². The van der Waals surface area contributed by atoms with Crippen LogP contribution in [-0.4, -0.2) is 27.9 Å². The average Bonchev–Trinajstić information content (AvgIpc) is 3.26. The highest BCUT2D eigenvalue weighted by Crippen LogP contribution is 2.45. The van der Waals surface area contributed by atoms with Crippen molar-refractivity contribution in [2.24, 2.45) is 9.98 Å². The second kappa shape index (κ2) is 13.2. The van der Waals surface area contributed by atoms with E-state index in [9.17, 15) is 0 Å². The van der Waals surface area contributed by atoms with E-state index in [4.69, 9.17) is 19.9 Å². The molecule has 2 heterocycles. The molecule has 2 aromatic heterocycles. The molecule has 0 N–H and O–H groups in total. The Labute approximate surface area is 318 Å².